The third kappa shape index (κ3) is 5.08. The summed E-state index contributed by atoms with van der Waals surface area (Å²) in [4.78, 5) is 25.0. The van der Waals surface area contributed by atoms with Crippen molar-refractivity contribution in [2.75, 3.05) is 7.11 Å². The molecular formula is C19H18F3NO3. The summed E-state index contributed by atoms with van der Waals surface area (Å²) in [5.74, 6) is -1.98. The molecule has 4 nitrogen and oxygen atoms in total. The molecule has 0 aliphatic rings. The van der Waals surface area contributed by atoms with Crippen LogP contribution in [-0.4, -0.2) is 36.1 Å². The molecule has 0 aliphatic carbocycles. The third-order valence-electron chi connectivity index (χ3n) is 3.84. The lowest BCUT2D eigenvalue weighted by Crippen LogP contribution is -2.50. The van der Waals surface area contributed by atoms with E-state index in [0.29, 0.717) is 11.1 Å². The fraction of sp³-hybridized carbons (Fsp3) is 0.263. The van der Waals surface area contributed by atoms with Crippen LogP contribution in [0.15, 0.2) is 60.7 Å². The van der Waals surface area contributed by atoms with E-state index < -0.39 is 24.1 Å². The van der Waals surface area contributed by atoms with E-state index in [-0.39, 0.29) is 13.0 Å². The van der Waals surface area contributed by atoms with Crippen LogP contribution in [0, 0.1) is 0 Å². The molecule has 0 N–H and O–H groups in total. The number of methoxy groups -OCH3 is 1. The minimum Gasteiger partial charge on any atom is -0.453 e. The van der Waals surface area contributed by atoms with E-state index in [1.165, 1.54) is 0 Å². The number of amides is 1. The SMILES string of the molecule is COC(=O)N(Cc1ccccc1)C(Cc1ccccc1)C(=O)C(F)(F)F. The maximum atomic E-state index is 13.1. The summed E-state index contributed by atoms with van der Waals surface area (Å²) < 4.78 is 44.1. The molecule has 1 unspecified atom stereocenters. The number of ketones is 1. The first kappa shape index (κ1) is 19.5. The van der Waals surface area contributed by atoms with E-state index in [1.54, 1.807) is 60.7 Å². The van der Waals surface area contributed by atoms with E-state index >= 15 is 0 Å². The minimum atomic E-state index is -5.07. The number of halogens is 3. The van der Waals surface area contributed by atoms with Crippen LogP contribution in [0.4, 0.5) is 18.0 Å². The minimum absolute atomic E-state index is 0.174. The van der Waals surface area contributed by atoms with Gasteiger partial charge in [0, 0.05) is 13.0 Å². The molecule has 0 aliphatic heterocycles. The van der Waals surface area contributed by atoms with Gasteiger partial charge in [-0.15, -0.1) is 0 Å². The van der Waals surface area contributed by atoms with Crippen molar-refractivity contribution in [1.29, 1.82) is 0 Å². The summed E-state index contributed by atoms with van der Waals surface area (Å²) in [5, 5.41) is 0. The molecule has 2 aromatic carbocycles. The van der Waals surface area contributed by atoms with E-state index in [1.807, 2.05) is 0 Å². The van der Waals surface area contributed by atoms with Crippen molar-refractivity contribution in [2.24, 2.45) is 0 Å². The first-order valence-corrected chi connectivity index (χ1v) is 7.86. The van der Waals surface area contributed by atoms with Crippen LogP contribution < -0.4 is 0 Å². The van der Waals surface area contributed by atoms with Crippen molar-refractivity contribution in [2.45, 2.75) is 25.2 Å². The molecule has 0 saturated carbocycles. The van der Waals surface area contributed by atoms with Crippen molar-refractivity contribution < 1.29 is 27.5 Å². The highest BCUT2D eigenvalue weighted by Gasteiger charge is 2.46. The van der Waals surface area contributed by atoms with Gasteiger partial charge in [-0.3, -0.25) is 9.69 Å². The van der Waals surface area contributed by atoms with Gasteiger partial charge in [-0.1, -0.05) is 60.7 Å². The van der Waals surface area contributed by atoms with Crippen molar-refractivity contribution in [1.82, 2.24) is 4.90 Å². The quantitative estimate of drug-likeness (QED) is 0.777. The number of hydrogen-bond donors (Lipinski definition) is 0. The zero-order valence-corrected chi connectivity index (χ0v) is 14.1. The summed E-state index contributed by atoms with van der Waals surface area (Å²) in [6, 6.07) is 15.0. The molecule has 26 heavy (non-hydrogen) atoms. The van der Waals surface area contributed by atoms with E-state index in [2.05, 4.69) is 4.74 Å². The largest absolute Gasteiger partial charge is 0.453 e. The molecule has 2 rings (SSSR count). The van der Waals surface area contributed by atoms with Gasteiger partial charge in [0.05, 0.1) is 7.11 Å². The number of rotatable bonds is 6. The summed E-state index contributed by atoms with van der Waals surface area (Å²) in [7, 11) is 1.07. The number of Topliss-reactive ketones (excluding diaryl/α,β-unsaturated/α-hetero) is 1. The second-order valence-corrected chi connectivity index (χ2v) is 5.65. The molecule has 2 aromatic rings. The number of nitrogens with zero attached hydrogens (tertiary/aromatic N) is 1. The third-order valence-corrected chi connectivity index (χ3v) is 3.84. The molecular weight excluding hydrogens is 347 g/mol. The molecule has 1 atom stereocenters. The van der Waals surface area contributed by atoms with Crippen LogP contribution in [0.1, 0.15) is 11.1 Å². The number of carbonyl (C=O) groups excluding carboxylic acids is 2. The molecule has 0 fully saturated rings. The van der Waals surface area contributed by atoms with Crippen LogP contribution in [0.2, 0.25) is 0 Å². The highest BCUT2D eigenvalue weighted by molar-refractivity contribution is 5.92. The van der Waals surface area contributed by atoms with Crippen LogP contribution in [-0.2, 0) is 22.5 Å². The number of carbonyl (C=O) groups is 2. The molecule has 0 heterocycles. The first-order valence-electron chi connectivity index (χ1n) is 7.86. The average Bonchev–Trinajstić information content (AvgIpc) is 2.64. The smallest absolute Gasteiger partial charge is 0.452 e. The van der Waals surface area contributed by atoms with Gasteiger partial charge in [-0.05, 0) is 11.1 Å². The molecule has 0 bridgehead atoms. The van der Waals surface area contributed by atoms with Crippen LogP contribution in [0.5, 0.6) is 0 Å². The summed E-state index contributed by atoms with van der Waals surface area (Å²) in [5.41, 5.74) is 1.10. The molecule has 0 saturated heterocycles. The standard InChI is InChI=1S/C19H18F3NO3/c1-26-18(25)23(13-15-10-6-3-7-11-15)16(17(24)19(20,21)22)12-14-8-4-2-5-9-14/h2-11,16H,12-13H2,1H3. The summed E-state index contributed by atoms with van der Waals surface area (Å²) >= 11 is 0. The predicted octanol–water partition coefficient (Wildman–Crippen LogP) is 4.00. The summed E-state index contributed by atoms with van der Waals surface area (Å²) in [6.45, 7) is -0.174. The highest BCUT2D eigenvalue weighted by atomic mass is 19.4. The lowest BCUT2D eigenvalue weighted by Gasteiger charge is -2.30. The zero-order valence-electron chi connectivity index (χ0n) is 14.1. The normalized spacial score (nSPS) is 12.3. The Morgan fingerprint density at radius 3 is 1.92 bits per heavy atom. The Bertz CT molecular complexity index is 733. The van der Waals surface area contributed by atoms with Gasteiger partial charge in [-0.2, -0.15) is 13.2 Å². The maximum absolute atomic E-state index is 13.1. The number of alkyl halides is 3. The van der Waals surface area contributed by atoms with Gasteiger partial charge in [-0.25, -0.2) is 4.79 Å². The van der Waals surface area contributed by atoms with Crippen LogP contribution in [0.3, 0.4) is 0 Å². The van der Waals surface area contributed by atoms with Crippen molar-refractivity contribution in [3.8, 4) is 0 Å². The lowest BCUT2D eigenvalue weighted by molar-refractivity contribution is -0.176. The van der Waals surface area contributed by atoms with Gasteiger partial charge in [0.15, 0.2) is 0 Å². The van der Waals surface area contributed by atoms with Gasteiger partial charge in [0.1, 0.15) is 6.04 Å². The van der Waals surface area contributed by atoms with Crippen molar-refractivity contribution in [3.63, 3.8) is 0 Å². The molecule has 7 heteroatoms. The summed E-state index contributed by atoms with van der Waals surface area (Å²) in [6.07, 6.45) is -6.32. The average molecular weight is 365 g/mol. The fourth-order valence-electron chi connectivity index (χ4n) is 2.57. The fourth-order valence-corrected chi connectivity index (χ4v) is 2.57. The van der Waals surface area contributed by atoms with Gasteiger partial charge in [0.2, 0.25) is 0 Å². The molecule has 0 aromatic heterocycles. The Kier molecular flexibility index (Phi) is 6.38. The zero-order chi connectivity index (χ0) is 19.2. The number of hydrogen-bond acceptors (Lipinski definition) is 3. The van der Waals surface area contributed by atoms with Crippen LogP contribution in [0.25, 0.3) is 0 Å². The second kappa shape index (κ2) is 8.51. The number of ether oxygens (including phenoxy) is 1. The molecule has 0 radical (unpaired) electrons. The van der Waals surface area contributed by atoms with E-state index in [0.717, 1.165) is 12.0 Å². The monoisotopic (exact) mass is 365 g/mol. The van der Waals surface area contributed by atoms with E-state index in [9.17, 15) is 22.8 Å². The van der Waals surface area contributed by atoms with Gasteiger partial charge < -0.3 is 4.74 Å². The highest BCUT2D eigenvalue weighted by Crippen LogP contribution is 2.24. The Morgan fingerprint density at radius 1 is 0.962 bits per heavy atom. The Balaban J connectivity index is 2.39. The molecule has 138 valence electrons. The number of benzene rings is 2. The maximum Gasteiger partial charge on any atom is 0.452 e. The van der Waals surface area contributed by atoms with Gasteiger partial charge >= 0.3 is 12.3 Å². The molecule has 0 spiro atoms. The Hall–Kier alpha value is -2.83. The molecule has 1 amide bonds. The van der Waals surface area contributed by atoms with Crippen LogP contribution >= 0.6 is 0 Å². The van der Waals surface area contributed by atoms with Crippen molar-refractivity contribution in [3.05, 3.63) is 71.8 Å². The Morgan fingerprint density at radius 2 is 1.46 bits per heavy atom. The topological polar surface area (TPSA) is 46.6 Å². The van der Waals surface area contributed by atoms with E-state index in [4.69, 9.17) is 0 Å². The second-order valence-electron chi connectivity index (χ2n) is 5.65. The Labute approximate surface area is 149 Å². The van der Waals surface area contributed by atoms with Gasteiger partial charge in [0.25, 0.3) is 5.78 Å². The lowest BCUT2D eigenvalue weighted by atomic mass is 10.00. The van der Waals surface area contributed by atoms with Crippen molar-refractivity contribution >= 4 is 11.9 Å². The predicted molar refractivity (Wildman–Crippen MR) is 89.4 cm³/mol. The first-order chi connectivity index (χ1) is 12.3.